The summed E-state index contributed by atoms with van der Waals surface area (Å²) in [5.41, 5.74) is 4.28. The Hall–Kier alpha value is -2.62. The van der Waals surface area contributed by atoms with E-state index in [0.717, 1.165) is 28.1 Å². The summed E-state index contributed by atoms with van der Waals surface area (Å²) < 4.78 is 5.33. The minimum atomic E-state index is -0.0931. The number of fused-ring (bicyclic) bond motifs is 1. The normalized spacial score (nSPS) is 15.1. The number of nitrogens with zero attached hydrogens (tertiary/aromatic N) is 1. The van der Waals surface area contributed by atoms with Crippen LogP contribution in [0.3, 0.4) is 0 Å². The molecule has 0 radical (unpaired) electrons. The summed E-state index contributed by atoms with van der Waals surface area (Å²) >= 11 is 0. The summed E-state index contributed by atoms with van der Waals surface area (Å²) in [7, 11) is 1.63. The predicted octanol–water partition coefficient (Wildman–Crippen LogP) is 2.89. The smallest absolute Gasteiger partial charge is 0.256 e. The van der Waals surface area contributed by atoms with Crippen LogP contribution < -0.4 is 10.1 Å². The Kier molecular flexibility index (Phi) is 2.99. The van der Waals surface area contributed by atoms with Gasteiger partial charge in [0.05, 0.1) is 7.11 Å². The van der Waals surface area contributed by atoms with E-state index >= 15 is 0 Å². The van der Waals surface area contributed by atoms with Crippen LogP contribution in [0.5, 0.6) is 5.75 Å². The van der Waals surface area contributed by atoms with Gasteiger partial charge in [0, 0.05) is 29.2 Å². The third kappa shape index (κ3) is 2.05. The molecule has 100 valence electrons. The zero-order chi connectivity index (χ0) is 14.1. The molecule has 2 heterocycles. The number of rotatable bonds is 2. The molecule has 2 aromatic rings. The summed E-state index contributed by atoms with van der Waals surface area (Å²) in [4.78, 5) is 16.1. The predicted molar refractivity (Wildman–Crippen MR) is 78.5 cm³/mol. The first-order valence-electron chi connectivity index (χ1n) is 6.31. The fraction of sp³-hybridized carbons (Fsp3) is 0.125. The van der Waals surface area contributed by atoms with E-state index in [9.17, 15) is 4.79 Å². The van der Waals surface area contributed by atoms with Crippen molar-refractivity contribution in [3.8, 4) is 5.75 Å². The van der Waals surface area contributed by atoms with Crippen molar-refractivity contribution in [1.82, 2.24) is 4.98 Å². The van der Waals surface area contributed by atoms with Gasteiger partial charge in [-0.3, -0.25) is 9.78 Å². The molecule has 1 amide bonds. The van der Waals surface area contributed by atoms with Gasteiger partial charge in [-0.2, -0.15) is 0 Å². The second-order valence-electron chi connectivity index (χ2n) is 4.66. The van der Waals surface area contributed by atoms with Crippen LogP contribution in [-0.4, -0.2) is 18.0 Å². The molecule has 4 nitrogen and oxygen atoms in total. The van der Waals surface area contributed by atoms with Gasteiger partial charge in [0.15, 0.2) is 0 Å². The van der Waals surface area contributed by atoms with Crippen LogP contribution in [-0.2, 0) is 4.79 Å². The van der Waals surface area contributed by atoms with Crippen LogP contribution in [0, 0.1) is 6.92 Å². The lowest BCUT2D eigenvalue weighted by Gasteiger charge is -2.07. The monoisotopic (exact) mass is 266 g/mol. The lowest BCUT2D eigenvalue weighted by atomic mass is 10.0. The number of benzene rings is 1. The Morgan fingerprint density at radius 3 is 2.70 bits per heavy atom. The van der Waals surface area contributed by atoms with Crippen molar-refractivity contribution < 1.29 is 9.53 Å². The van der Waals surface area contributed by atoms with E-state index in [4.69, 9.17) is 4.74 Å². The van der Waals surface area contributed by atoms with E-state index in [-0.39, 0.29) is 5.91 Å². The third-order valence-corrected chi connectivity index (χ3v) is 3.34. The van der Waals surface area contributed by atoms with E-state index in [2.05, 4.69) is 10.3 Å². The molecular formula is C16H14N2O2. The maximum atomic E-state index is 12.1. The van der Waals surface area contributed by atoms with Crippen LogP contribution in [0.25, 0.3) is 11.6 Å². The lowest BCUT2D eigenvalue weighted by molar-refractivity contribution is -0.110. The Morgan fingerprint density at radius 1 is 1.25 bits per heavy atom. The average Bonchev–Trinajstić information content (AvgIpc) is 2.74. The molecule has 1 aromatic carbocycles. The molecule has 20 heavy (non-hydrogen) atoms. The number of anilines is 1. The number of methoxy groups -OCH3 is 1. The molecule has 0 bridgehead atoms. The van der Waals surface area contributed by atoms with Gasteiger partial charge in [-0.1, -0.05) is 0 Å². The molecule has 3 rings (SSSR count). The summed E-state index contributed by atoms with van der Waals surface area (Å²) in [6.07, 6.45) is 5.27. The van der Waals surface area contributed by atoms with Crippen molar-refractivity contribution in [3.63, 3.8) is 0 Å². The van der Waals surface area contributed by atoms with Crippen LogP contribution in [0.1, 0.15) is 16.7 Å². The van der Waals surface area contributed by atoms with Gasteiger partial charge in [0.2, 0.25) is 0 Å². The third-order valence-electron chi connectivity index (χ3n) is 3.34. The van der Waals surface area contributed by atoms with Crippen LogP contribution in [0.2, 0.25) is 0 Å². The van der Waals surface area contributed by atoms with Gasteiger partial charge < -0.3 is 10.1 Å². The fourth-order valence-electron chi connectivity index (χ4n) is 2.32. The van der Waals surface area contributed by atoms with Gasteiger partial charge >= 0.3 is 0 Å². The van der Waals surface area contributed by atoms with E-state index in [1.807, 2.05) is 37.3 Å². The largest absolute Gasteiger partial charge is 0.496 e. The Bertz CT molecular complexity index is 706. The minimum Gasteiger partial charge on any atom is -0.496 e. The molecule has 0 atom stereocenters. The van der Waals surface area contributed by atoms with Crippen molar-refractivity contribution in [2.75, 3.05) is 12.4 Å². The maximum absolute atomic E-state index is 12.1. The molecule has 0 unspecified atom stereocenters. The number of aromatic nitrogens is 1. The number of carbonyl (C=O) groups is 1. The molecular weight excluding hydrogens is 252 g/mol. The van der Waals surface area contributed by atoms with Gasteiger partial charge in [-0.25, -0.2) is 0 Å². The molecule has 4 heteroatoms. The lowest BCUT2D eigenvalue weighted by Crippen LogP contribution is -2.03. The summed E-state index contributed by atoms with van der Waals surface area (Å²) in [6, 6.07) is 7.56. The van der Waals surface area contributed by atoms with E-state index in [1.54, 1.807) is 19.5 Å². The van der Waals surface area contributed by atoms with Gasteiger partial charge in [-0.15, -0.1) is 0 Å². The van der Waals surface area contributed by atoms with Gasteiger partial charge in [-0.05, 0) is 48.4 Å². The second-order valence-corrected chi connectivity index (χ2v) is 4.66. The highest BCUT2D eigenvalue weighted by Gasteiger charge is 2.25. The Balaban J connectivity index is 2.12. The molecule has 0 spiro atoms. The molecule has 0 fully saturated rings. The quantitative estimate of drug-likeness (QED) is 0.850. The van der Waals surface area contributed by atoms with Crippen molar-refractivity contribution in [1.29, 1.82) is 0 Å². The standard InChI is InChI=1S/C16H14N2O2/c1-10-7-14-12(9-15(10)20-2)13(16(19)18-14)8-11-3-5-17-6-4-11/h3-9H,1-2H3,(H,18,19)/b13-8-. The highest BCUT2D eigenvalue weighted by molar-refractivity contribution is 6.35. The molecule has 1 N–H and O–H groups in total. The molecule has 0 saturated heterocycles. The molecule has 1 aromatic heterocycles. The Labute approximate surface area is 117 Å². The highest BCUT2D eigenvalue weighted by atomic mass is 16.5. The first kappa shape index (κ1) is 12.4. The molecule has 0 saturated carbocycles. The number of aryl methyl sites for hydroxylation is 1. The molecule has 1 aliphatic heterocycles. The number of amides is 1. The topological polar surface area (TPSA) is 51.2 Å². The van der Waals surface area contributed by atoms with Gasteiger partial charge in [0.1, 0.15) is 5.75 Å². The fourth-order valence-corrected chi connectivity index (χ4v) is 2.32. The van der Waals surface area contributed by atoms with Crippen LogP contribution in [0.15, 0.2) is 36.7 Å². The number of ether oxygens (including phenoxy) is 1. The zero-order valence-corrected chi connectivity index (χ0v) is 11.3. The summed E-state index contributed by atoms with van der Waals surface area (Å²) in [5.74, 6) is 0.686. The van der Waals surface area contributed by atoms with E-state index in [1.165, 1.54) is 0 Å². The van der Waals surface area contributed by atoms with Gasteiger partial charge in [0.25, 0.3) is 5.91 Å². The number of pyridine rings is 1. The summed E-state index contributed by atoms with van der Waals surface area (Å²) in [5, 5.41) is 2.88. The number of hydrogen-bond acceptors (Lipinski definition) is 3. The van der Waals surface area contributed by atoms with Crippen molar-refractivity contribution in [2.45, 2.75) is 6.92 Å². The number of nitrogens with one attached hydrogen (secondary N) is 1. The minimum absolute atomic E-state index is 0.0931. The van der Waals surface area contributed by atoms with Crippen molar-refractivity contribution in [3.05, 3.63) is 53.3 Å². The Morgan fingerprint density at radius 2 is 2.00 bits per heavy atom. The second kappa shape index (κ2) is 4.81. The summed E-state index contributed by atoms with van der Waals surface area (Å²) in [6.45, 7) is 1.95. The first-order chi connectivity index (χ1) is 9.69. The van der Waals surface area contributed by atoms with Crippen molar-refractivity contribution in [2.24, 2.45) is 0 Å². The van der Waals surface area contributed by atoms with Crippen LogP contribution >= 0.6 is 0 Å². The van der Waals surface area contributed by atoms with E-state index in [0.29, 0.717) is 5.57 Å². The SMILES string of the molecule is COc1cc2c(cc1C)NC(=O)/C2=C\c1ccncc1. The highest BCUT2D eigenvalue weighted by Crippen LogP contribution is 2.37. The molecule has 1 aliphatic rings. The number of carbonyl (C=O) groups excluding carboxylic acids is 1. The van der Waals surface area contributed by atoms with E-state index < -0.39 is 0 Å². The zero-order valence-electron chi connectivity index (χ0n) is 11.3. The number of hydrogen-bond donors (Lipinski definition) is 1. The van der Waals surface area contributed by atoms with Crippen LogP contribution in [0.4, 0.5) is 5.69 Å². The first-order valence-corrected chi connectivity index (χ1v) is 6.31. The molecule has 0 aliphatic carbocycles. The average molecular weight is 266 g/mol. The van der Waals surface area contributed by atoms with Crippen molar-refractivity contribution >= 4 is 23.2 Å². The maximum Gasteiger partial charge on any atom is 0.256 e.